The first-order valence-electron chi connectivity index (χ1n) is 10.2. The van der Waals surface area contributed by atoms with Crippen molar-refractivity contribution in [2.45, 2.75) is 25.1 Å². The van der Waals surface area contributed by atoms with Crippen LogP contribution in [0.2, 0.25) is 0 Å². The van der Waals surface area contributed by atoms with Gasteiger partial charge < -0.3 is 19.3 Å². The molecule has 0 aromatic carbocycles. The van der Waals surface area contributed by atoms with Crippen molar-refractivity contribution in [2.24, 2.45) is 0 Å². The van der Waals surface area contributed by atoms with Gasteiger partial charge in [0.2, 0.25) is 5.88 Å². The highest BCUT2D eigenvalue weighted by Gasteiger charge is 2.31. The average molecular weight is 436 g/mol. The number of piperazine rings is 1. The van der Waals surface area contributed by atoms with Crippen molar-refractivity contribution < 1.29 is 27.4 Å². The van der Waals surface area contributed by atoms with E-state index in [1.807, 2.05) is 4.90 Å². The Hall–Kier alpha value is -2.88. The number of ether oxygens (including phenoxy) is 2. The van der Waals surface area contributed by atoms with Gasteiger partial charge in [-0.25, -0.2) is 9.97 Å². The van der Waals surface area contributed by atoms with E-state index in [1.165, 1.54) is 12.3 Å². The Morgan fingerprint density at radius 3 is 2.48 bits per heavy atom. The van der Waals surface area contributed by atoms with E-state index in [2.05, 4.69) is 9.97 Å². The van der Waals surface area contributed by atoms with Crippen LogP contribution < -0.4 is 9.64 Å². The summed E-state index contributed by atoms with van der Waals surface area (Å²) in [7, 11) is 0. The maximum Gasteiger partial charge on any atom is 0.417 e. The molecule has 0 spiro atoms. The monoisotopic (exact) mass is 436 g/mol. The second kappa shape index (κ2) is 9.09. The first-order chi connectivity index (χ1) is 14.9. The lowest BCUT2D eigenvalue weighted by atomic mass is 10.2. The number of nitrogens with zero attached hydrogens (tertiary/aromatic N) is 4. The zero-order valence-corrected chi connectivity index (χ0v) is 16.8. The van der Waals surface area contributed by atoms with E-state index in [9.17, 15) is 18.0 Å². The van der Waals surface area contributed by atoms with Gasteiger partial charge in [-0.2, -0.15) is 13.2 Å². The molecular formula is C21H23F3N4O3. The van der Waals surface area contributed by atoms with Crippen molar-refractivity contribution in [3.8, 4) is 5.88 Å². The summed E-state index contributed by atoms with van der Waals surface area (Å²) in [6, 6.07) is 5.74. The molecule has 0 radical (unpaired) electrons. The molecule has 0 aliphatic carbocycles. The standard InChI is InChI=1S/C21H23F3N4O3/c22-21(23,24)16-4-5-18(25-13-16)27-7-9-28(10-8-27)20(29)15-3-6-19(26-12-15)31-14-17-2-1-11-30-17/h3-6,12-13,17H,1-2,7-11,14H2/t17-/m0/s1. The molecule has 0 N–H and O–H groups in total. The summed E-state index contributed by atoms with van der Waals surface area (Å²) in [5.74, 6) is 0.776. The summed E-state index contributed by atoms with van der Waals surface area (Å²) >= 11 is 0. The fraction of sp³-hybridized carbons (Fsp3) is 0.476. The molecule has 1 atom stereocenters. The predicted molar refractivity (Wildman–Crippen MR) is 106 cm³/mol. The number of hydrogen-bond acceptors (Lipinski definition) is 6. The number of anilines is 1. The Balaban J connectivity index is 1.28. The highest BCUT2D eigenvalue weighted by atomic mass is 19.4. The summed E-state index contributed by atoms with van der Waals surface area (Å²) in [5.41, 5.74) is -0.314. The molecule has 7 nitrogen and oxygen atoms in total. The third-order valence-corrected chi connectivity index (χ3v) is 5.39. The lowest BCUT2D eigenvalue weighted by Crippen LogP contribution is -2.49. The Kier molecular flexibility index (Phi) is 6.26. The zero-order chi connectivity index (χ0) is 21.8. The number of rotatable bonds is 5. The molecule has 0 unspecified atom stereocenters. The molecule has 2 aliphatic rings. The number of pyridine rings is 2. The summed E-state index contributed by atoms with van der Waals surface area (Å²) in [6.07, 6.45) is 0.0355. The molecular weight excluding hydrogens is 413 g/mol. The van der Waals surface area contributed by atoms with Crippen LogP contribution >= 0.6 is 0 Å². The van der Waals surface area contributed by atoms with Gasteiger partial charge in [-0.3, -0.25) is 4.79 Å². The SMILES string of the molecule is O=C(c1ccc(OC[C@@H]2CCCO2)nc1)N1CCN(c2ccc(C(F)(F)F)cn2)CC1. The number of aromatic nitrogens is 2. The maximum absolute atomic E-state index is 12.7. The number of amides is 1. The van der Waals surface area contributed by atoms with Crippen molar-refractivity contribution in [1.82, 2.24) is 14.9 Å². The second-order valence-electron chi connectivity index (χ2n) is 7.51. The van der Waals surface area contributed by atoms with Gasteiger partial charge in [-0.05, 0) is 31.0 Å². The van der Waals surface area contributed by atoms with Gasteiger partial charge in [0.15, 0.2) is 0 Å². The molecule has 4 rings (SSSR count). The molecule has 10 heteroatoms. The largest absolute Gasteiger partial charge is 0.475 e. The van der Waals surface area contributed by atoms with Crippen LogP contribution in [0, 0.1) is 0 Å². The molecule has 0 bridgehead atoms. The van der Waals surface area contributed by atoms with Crippen molar-refractivity contribution >= 4 is 11.7 Å². The maximum atomic E-state index is 12.7. The van der Waals surface area contributed by atoms with Gasteiger partial charge >= 0.3 is 6.18 Å². The second-order valence-corrected chi connectivity index (χ2v) is 7.51. The Bertz CT molecular complexity index is 876. The van der Waals surface area contributed by atoms with Crippen LogP contribution in [0.25, 0.3) is 0 Å². The fourth-order valence-electron chi connectivity index (χ4n) is 3.61. The number of halogens is 3. The predicted octanol–water partition coefficient (Wildman–Crippen LogP) is 3.02. The normalized spacial score (nSPS) is 19.5. The third-order valence-electron chi connectivity index (χ3n) is 5.39. The van der Waals surface area contributed by atoms with Crippen LogP contribution in [-0.4, -0.2) is 66.3 Å². The van der Waals surface area contributed by atoms with Gasteiger partial charge in [0.05, 0.1) is 17.2 Å². The molecule has 2 aromatic rings. The van der Waals surface area contributed by atoms with Crippen molar-refractivity contribution in [3.05, 3.63) is 47.8 Å². The zero-order valence-electron chi connectivity index (χ0n) is 16.8. The van der Waals surface area contributed by atoms with Crippen LogP contribution in [0.1, 0.15) is 28.8 Å². The van der Waals surface area contributed by atoms with Gasteiger partial charge in [-0.15, -0.1) is 0 Å². The number of alkyl halides is 3. The molecule has 2 aliphatic heterocycles. The lowest BCUT2D eigenvalue weighted by Gasteiger charge is -2.35. The molecule has 166 valence electrons. The van der Waals surface area contributed by atoms with Crippen LogP contribution in [-0.2, 0) is 10.9 Å². The molecule has 31 heavy (non-hydrogen) atoms. The van der Waals surface area contributed by atoms with Crippen LogP contribution in [0.3, 0.4) is 0 Å². The molecule has 2 saturated heterocycles. The Morgan fingerprint density at radius 1 is 1.10 bits per heavy atom. The molecule has 0 saturated carbocycles. The van der Waals surface area contributed by atoms with E-state index in [1.54, 1.807) is 17.0 Å². The van der Waals surface area contributed by atoms with E-state index >= 15 is 0 Å². The van der Waals surface area contributed by atoms with Gasteiger partial charge in [0.25, 0.3) is 5.91 Å². The minimum absolute atomic E-state index is 0.0959. The lowest BCUT2D eigenvalue weighted by molar-refractivity contribution is -0.137. The minimum atomic E-state index is -4.41. The Labute approximate surface area is 177 Å². The minimum Gasteiger partial charge on any atom is -0.475 e. The van der Waals surface area contributed by atoms with E-state index < -0.39 is 11.7 Å². The molecule has 2 fully saturated rings. The van der Waals surface area contributed by atoms with Crippen LogP contribution in [0.15, 0.2) is 36.7 Å². The Morgan fingerprint density at radius 2 is 1.90 bits per heavy atom. The summed E-state index contributed by atoms with van der Waals surface area (Å²) in [5, 5.41) is 0. The summed E-state index contributed by atoms with van der Waals surface area (Å²) < 4.78 is 49.2. The van der Waals surface area contributed by atoms with Crippen molar-refractivity contribution in [2.75, 3.05) is 44.3 Å². The summed E-state index contributed by atoms with van der Waals surface area (Å²) in [6.45, 7) is 3.06. The number of carbonyl (C=O) groups excluding carboxylic acids is 1. The van der Waals surface area contributed by atoms with Gasteiger partial charge in [0.1, 0.15) is 12.4 Å². The average Bonchev–Trinajstić information content (AvgIpc) is 3.31. The third kappa shape index (κ3) is 5.25. The fourth-order valence-corrected chi connectivity index (χ4v) is 3.61. The molecule has 4 heterocycles. The van der Waals surface area contributed by atoms with Crippen molar-refractivity contribution in [3.63, 3.8) is 0 Å². The van der Waals surface area contributed by atoms with Gasteiger partial charge in [0, 0.05) is 51.2 Å². The van der Waals surface area contributed by atoms with Crippen LogP contribution in [0.4, 0.5) is 19.0 Å². The van der Waals surface area contributed by atoms with E-state index in [-0.39, 0.29) is 12.0 Å². The molecule has 2 aromatic heterocycles. The number of carbonyl (C=O) groups is 1. The van der Waals surface area contributed by atoms with Crippen LogP contribution in [0.5, 0.6) is 5.88 Å². The highest BCUT2D eigenvalue weighted by molar-refractivity contribution is 5.94. The van der Waals surface area contributed by atoms with Gasteiger partial charge in [-0.1, -0.05) is 0 Å². The van der Waals surface area contributed by atoms with E-state index in [0.717, 1.165) is 31.7 Å². The topological polar surface area (TPSA) is 67.8 Å². The van der Waals surface area contributed by atoms with E-state index in [4.69, 9.17) is 9.47 Å². The highest BCUT2D eigenvalue weighted by Crippen LogP contribution is 2.29. The number of hydrogen-bond donors (Lipinski definition) is 0. The summed E-state index contributed by atoms with van der Waals surface area (Å²) in [4.78, 5) is 24.4. The quantitative estimate of drug-likeness (QED) is 0.718. The first kappa shape index (κ1) is 21.4. The molecule has 1 amide bonds. The smallest absolute Gasteiger partial charge is 0.417 e. The van der Waals surface area contributed by atoms with E-state index in [0.29, 0.717) is 50.0 Å². The van der Waals surface area contributed by atoms with Crippen molar-refractivity contribution in [1.29, 1.82) is 0 Å². The first-order valence-corrected chi connectivity index (χ1v) is 10.2.